The largest absolute Gasteiger partial charge is 0.456 e. The van der Waals surface area contributed by atoms with Gasteiger partial charge in [0.25, 0.3) is 0 Å². The second-order valence-electron chi connectivity index (χ2n) is 8.89. The van der Waals surface area contributed by atoms with E-state index in [1.54, 1.807) is 6.07 Å². The number of hydrogen-bond donors (Lipinski definition) is 1. The third-order valence-electron chi connectivity index (χ3n) is 6.97. The molecule has 180 valence electrons. The highest BCUT2D eigenvalue weighted by Gasteiger charge is 2.53. The lowest BCUT2D eigenvalue weighted by Crippen LogP contribution is -2.33. The minimum Gasteiger partial charge on any atom is -0.456 e. The SMILES string of the molecule is CCN(CC)c1ccc2c(c1)Oc1cc(Cl)c(Nc3ccccc3)cc1[C@]21OC(=O)c2ccccc21. The van der Waals surface area contributed by atoms with Gasteiger partial charge in [-0.2, -0.15) is 0 Å². The third-order valence-corrected chi connectivity index (χ3v) is 7.28. The van der Waals surface area contributed by atoms with Gasteiger partial charge in [-0.1, -0.05) is 48.0 Å². The Morgan fingerprint density at radius 3 is 2.33 bits per heavy atom. The first-order valence-corrected chi connectivity index (χ1v) is 12.5. The van der Waals surface area contributed by atoms with E-state index in [1.807, 2.05) is 72.8 Å². The molecule has 0 saturated carbocycles. The minimum absolute atomic E-state index is 0.357. The van der Waals surface area contributed by atoms with Crippen LogP contribution in [0.5, 0.6) is 11.5 Å². The molecule has 2 heterocycles. The predicted molar refractivity (Wildman–Crippen MR) is 143 cm³/mol. The molecule has 0 unspecified atom stereocenters. The molecule has 1 spiro atoms. The molecular formula is C30H25ClN2O3. The predicted octanol–water partition coefficient (Wildman–Crippen LogP) is 7.50. The van der Waals surface area contributed by atoms with Gasteiger partial charge in [-0.05, 0) is 50.2 Å². The molecule has 2 aliphatic rings. The smallest absolute Gasteiger partial charge is 0.340 e. The van der Waals surface area contributed by atoms with E-state index < -0.39 is 5.60 Å². The van der Waals surface area contributed by atoms with Crippen LogP contribution in [0.15, 0.2) is 84.9 Å². The van der Waals surface area contributed by atoms with Crippen LogP contribution >= 0.6 is 11.6 Å². The Balaban J connectivity index is 1.58. The van der Waals surface area contributed by atoms with Gasteiger partial charge in [-0.3, -0.25) is 0 Å². The Bertz CT molecular complexity index is 1480. The first-order chi connectivity index (χ1) is 17.5. The molecule has 0 aromatic heterocycles. The van der Waals surface area contributed by atoms with Gasteiger partial charge in [0.2, 0.25) is 0 Å². The molecule has 6 heteroatoms. The van der Waals surface area contributed by atoms with Gasteiger partial charge in [-0.15, -0.1) is 0 Å². The van der Waals surface area contributed by atoms with Crippen LogP contribution in [0, 0.1) is 0 Å². The highest BCUT2D eigenvalue weighted by Crippen LogP contribution is 2.57. The Kier molecular flexibility index (Phi) is 5.38. The first kappa shape index (κ1) is 22.5. The topological polar surface area (TPSA) is 50.8 Å². The molecule has 0 saturated heterocycles. The van der Waals surface area contributed by atoms with E-state index in [0.29, 0.717) is 27.8 Å². The zero-order valence-corrected chi connectivity index (χ0v) is 20.8. The summed E-state index contributed by atoms with van der Waals surface area (Å²) in [5.74, 6) is 0.855. The first-order valence-electron chi connectivity index (χ1n) is 12.1. The number of benzene rings is 4. The minimum atomic E-state index is -1.14. The summed E-state index contributed by atoms with van der Waals surface area (Å²) in [6.07, 6.45) is 0. The zero-order valence-electron chi connectivity index (χ0n) is 20.0. The highest BCUT2D eigenvalue weighted by molar-refractivity contribution is 6.33. The number of ether oxygens (including phenoxy) is 2. The van der Waals surface area contributed by atoms with E-state index >= 15 is 0 Å². The van der Waals surface area contributed by atoms with Crippen molar-refractivity contribution < 1.29 is 14.3 Å². The van der Waals surface area contributed by atoms with Gasteiger partial charge < -0.3 is 19.7 Å². The van der Waals surface area contributed by atoms with Crippen molar-refractivity contribution >= 4 is 34.6 Å². The van der Waals surface area contributed by atoms with E-state index in [1.165, 1.54) is 0 Å². The Morgan fingerprint density at radius 1 is 0.833 bits per heavy atom. The number of carbonyl (C=O) groups is 1. The Morgan fingerprint density at radius 2 is 1.56 bits per heavy atom. The maximum atomic E-state index is 13.2. The molecule has 0 aliphatic carbocycles. The number of carbonyl (C=O) groups excluding carboxylic acids is 1. The van der Waals surface area contributed by atoms with Gasteiger partial charge in [0.15, 0.2) is 5.60 Å². The lowest BCUT2D eigenvalue weighted by molar-refractivity contribution is 0.0224. The number of para-hydroxylation sites is 1. The van der Waals surface area contributed by atoms with Crippen LogP contribution in [0.2, 0.25) is 5.02 Å². The monoisotopic (exact) mass is 496 g/mol. The van der Waals surface area contributed by atoms with Crippen molar-refractivity contribution in [2.75, 3.05) is 23.3 Å². The Hall–Kier alpha value is -3.96. The number of anilines is 3. The van der Waals surface area contributed by atoms with Gasteiger partial charge in [0.05, 0.1) is 16.3 Å². The van der Waals surface area contributed by atoms with Crippen molar-refractivity contribution in [2.24, 2.45) is 0 Å². The summed E-state index contributed by atoms with van der Waals surface area (Å²) in [5.41, 5.74) is 4.37. The highest BCUT2D eigenvalue weighted by atomic mass is 35.5. The molecule has 1 N–H and O–H groups in total. The fourth-order valence-electron chi connectivity index (χ4n) is 5.24. The van der Waals surface area contributed by atoms with Gasteiger partial charge in [0.1, 0.15) is 11.5 Å². The summed E-state index contributed by atoms with van der Waals surface area (Å²) < 4.78 is 12.8. The van der Waals surface area contributed by atoms with E-state index in [9.17, 15) is 4.79 Å². The zero-order chi connectivity index (χ0) is 24.9. The van der Waals surface area contributed by atoms with Crippen LogP contribution in [0.3, 0.4) is 0 Å². The van der Waals surface area contributed by atoms with Gasteiger partial charge >= 0.3 is 5.97 Å². The number of hydrogen-bond acceptors (Lipinski definition) is 5. The van der Waals surface area contributed by atoms with E-state index in [-0.39, 0.29) is 5.97 Å². The molecule has 6 rings (SSSR count). The maximum Gasteiger partial charge on any atom is 0.340 e. The Labute approximate surface area is 215 Å². The van der Waals surface area contributed by atoms with E-state index in [2.05, 4.69) is 30.1 Å². The average Bonchev–Trinajstić information content (AvgIpc) is 3.19. The molecule has 36 heavy (non-hydrogen) atoms. The van der Waals surface area contributed by atoms with Crippen molar-refractivity contribution in [1.82, 2.24) is 0 Å². The van der Waals surface area contributed by atoms with E-state index in [0.717, 1.165) is 41.2 Å². The molecule has 2 aliphatic heterocycles. The summed E-state index contributed by atoms with van der Waals surface area (Å²) in [5, 5.41) is 3.90. The number of esters is 1. The molecule has 1 atom stereocenters. The van der Waals surface area contributed by atoms with Crippen LogP contribution in [0.4, 0.5) is 17.1 Å². The summed E-state index contributed by atoms with van der Waals surface area (Å²) in [6, 6.07) is 27.2. The number of halogens is 1. The van der Waals surface area contributed by atoms with Gasteiger partial charge in [-0.25, -0.2) is 4.79 Å². The van der Waals surface area contributed by atoms with Crippen molar-refractivity contribution in [3.05, 3.63) is 112 Å². The lowest BCUT2D eigenvalue weighted by Gasteiger charge is -2.37. The summed E-state index contributed by atoms with van der Waals surface area (Å²) in [4.78, 5) is 15.4. The molecule has 0 radical (unpaired) electrons. The number of rotatable bonds is 5. The van der Waals surface area contributed by atoms with Crippen LogP contribution in [-0.2, 0) is 10.3 Å². The van der Waals surface area contributed by atoms with E-state index in [4.69, 9.17) is 21.1 Å². The van der Waals surface area contributed by atoms with Crippen LogP contribution in [0.25, 0.3) is 0 Å². The van der Waals surface area contributed by atoms with Crippen molar-refractivity contribution in [1.29, 1.82) is 0 Å². The molecule has 0 fully saturated rings. The number of nitrogens with zero attached hydrogens (tertiary/aromatic N) is 1. The second-order valence-corrected chi connectivity index (χ2v) is 9.30. The van der Waals surface area contributed by atoms with Crippen LogP contribution in [-0.4, -0.2) is 19.1 Å². The second kappa shape index (κ2) is 8.61. The quantitative estimate of drug-likeness (QED) is 0.290. The van der Waals surface area contributed by atoms with Gasteiger partial charge in [0, 0.05) is 53.3 Å². The van der Waals surface area contributed by atoms with Crippen molar-refractivity contribution in [3.8, 4) is 11.5 Å². The summed E-state index contributed by atoms with van der Waals surface area (Å²) in [6.45, 7) is 5.98. The average molecular weight is 497 g/mol. The van der Waals surface area contributed by atoms with Crippen LogP contribution in [0.1, 0.15) is 40.9 Å². The molecular weight excluding hydrogens is 472 g/mol. The molecule has 4 aromatic carbocycles. The van der Waals surface area contributed by atoms with Crippen molar-refractivity contribution in [3.63, 3.8) is 0 Å². The normalized spacial score (nSPS) is 17.0. The molecule has 5 nitrogen and oxygen atoms in total. The molecule has 0 bridgehead atoms. The fraction of sp³-hybridized carbons (Fsp3) is 0.167. The fourth-order valence-corrected chi connectivity index (χ4v) is 5.44. The summed E-state index contributed by atoms with van der Waals surface area (Å²) >= 11 is 6.73. The standard InChI is InChI=1S/C30H25ClN2O3/c1-3-33(4-2)20-14-15-23-27(16-20)35-28-18-25(31)26(32-19-10-6-5-7-11-19)17-24(28)30(23)22-13-9-8-12-21(22)29(34)36-30/h5-18,32H,3-4H2,1-2H3/t30-/m1/s1. The summed E-state index contributed by atoms with van der Waals surface area (Å²) in [7, 11) is 0. The third kappa shape index (κ3) is 3.34. The van der Waals surface area contributed by atoms with Crippen LogP contribution < -0.4 is 15.0 Å². The number of fused-ring (bicyclic) bond motifs is 6. The molecule has 0 amide bonds. The molecule has 4 aromatic rings. The lowest BCUT2D eigenvalue weighted by atomic mass is 9.77. The number of nitrogens with one attached hydrogen (secondary N) is 1. The maximum absolute atomic E-state index is 13.2. The van der Waals surface area contributed by atoms with Crippen molar-refractivity contribution in [2.45, 2.75) is 19.4 Å².